The van der Waals surface area contributed by atoms with Gasteiger partial charge in [-0.25, -0.2) is 0 Å². The lowest BCUT2D eigenvalue weighted by molar-refractivity contribution is 0.302. The zero-order valence-electron chi connectivity index (χ0n) is 11.9. The Morgan fingerprint density at radius 3 is 2.55 bits per heavy atom. The van der Waals surface area contributed by atoms with E-state index in [2.05, 4.69) is 18.2 Å². The first-order valence-electron chi connectivity index (χ1n) is 7.30. The quantitative estimate of drug-likeness (QED) is 0.738. The van der Waals surface area contributed by atoms with E-state index in [9.17, 15) is 0 Å². The van der Waals surface area contributed by atoms with Crippen LogP contribution in [-0.2, 0) is 0 Å². The van der Waals surface area contributed by atoms with Crippen molar-refractivity contribution in [1.29, 1.82) is 0 Å². The fourth-order valence-electron chi connectivity index (χ4n) is 2.15. The maximum absolute atomic E-state index is 5.76. The molecule has 1 aromatic carbocycles. The van der Waals surface area contributed by atoms with Crippen molar-refractivity contribution in [3.8, 4) is 11.5 Å². The first-order valence-corrected chi connectivity index (χ1v) is 7.30. The summed E-state index contributed by atoms with van der Waals surface area (Å²) in [4.78, 5) is 0. The number of hydrogen-bond donors (Lipinski definition) is 1. The Morgan fingerprint density at radius 2 is 1.85 bits per heavy atom. The van der Waals surface area contributed by atoms with E-state index in [4.69, 9.17) is 15.2 Å². The molecule has 0 fully saturated rings. The maximum Gasteiger partial charge on any atom is 0.123 e. The Morgan fingerprint density at radius 1 is 1.05 bits per heavy atom. The largest absolute Gasteiger partial charge is 0.493 e. The normalized spacial score (nSPS) is 13.9. The number of nitrogens with two attached hydrogens (primary N) is 1. The fraction of sp³-hybridized carbons (Fsp3) is 0.412. The summed E-state index contributed by atoms with van der Waals surface area (Å²) < 4.78 is 11.2. The molecule has 0 aromatic heterocycles. The van der Waals surface area contributed by atoms with Crippen molar-refractivity contribution in [3.63, 3.8) is 0 Å². The van der Waals surface area contributed by atoms with Crippen LogP contribution in [0.5, 0.6) is 11.5 Å². The van der Waals surface area contributed by atoms with E-state index >= 15 is 0 Å². The second kappa shape index (κ2) is 8.43. The highest BCUT2D eigenvalue weighted by Gasteiger charge is 2.00. The molecule has 1 aliphatic carbocycles. The molecular weight excluding hydrogens is 250 g/mol. The van der Waals surface area contributed by atoms with Gasteiger partial charge in [0.05, 0.1) is 6.61 Å². The van der Waals surface area contributed by atoms with Crippen LogP contribution < -0.4 is 15.2 Å². The summed E-state index contributed by atoms with van der Waals surface area (Å²) in [5.41, 5.74) is 6.85. The predicted octanol–water partition coefficient (Wildman–Crippen LogP) is 3.46. The van der Waals surface area contributed by atoms with Gasteiger partial charge in [0.2, 0.25) is 0 Å². The molecule has 1 aromatic rings. The average molecular weight is 273 g/mol. The SMILES string of the molecule is NCCOc1cccc(OCCCC2=CCCC=C2)c1. The lowest BCUT2D eigenvalue weighted by Crippen LogP contribution is -2.10. The second-order valence-electron chi connectivity index (χ2n) is 4.82. The van der Waals surface area contributed by atoms with Gasteiger partial charge in [-0.2, -0.15) is 0 Å². The van der Waals surface area contributed by atoms with Crippen LogP contribution in [0.25, 0.3) is 0 Å². The van der Waals surface area contributed by atoms with Crippen molar-refractivity contribution in [3.05, 3.63) is 48.1 Å². The third-order valence-electron chi connectivity index (χ3n) is 3.14. The zero-order valence-corrected chi connectivity index (χ0v) is 11.9. The minimum Gasteiger partial charge on any atom is -0.493 e. The Hall–Kier alpha value is -1.74. The third kappa shape index (κ3) is 5.10. The summed E-state index contributed by atoms with van der Waals surface area (Å²) >= 11 is 0. The van der Waals surface area contributed by atoms with Crippen molar-refractivity contribution >= 4 is 0 Å². The molecule has 0 aliphatic heterocycles. The van der Waals surface area contributed by atoms with Gasteiger partial charge in [0.1, 0.15) is 18.1 Å². The highest BCUT2D eigenvalue weighted by molar-refractivity contribution is 5.33. The molecule has 0 amide bonds. The topological polar surface area (TPSA) is 44.5 Å². The van der Waals surface area contributed by atoms with Crippen LogP contribution >= 0.6 is 0 Å². The molecule has 3 nitrogen and oxygen atoms in total. The number of hydrogen-bond acceptors (Lipinski definition) is 3. The molecule has 1 aliphatic rings. The van der Waals surface area contributed by atoms with E-state index in [0.29, 0.717) is 13.2 Å². The van der Waals surface area contributed by atoms with Crippen LogP contribution in [0.1, 0.15) is 25.7 Å². The van der Waals surface area contributed by atoms with Crippen LogP contribution in [-0.4, -0.2) is 19.8 Å². The van der Waals surface area contributed by atoms with Gasteiger partial charge in [0.15, 0.2) is 0 Å². The molecule has 0 unspecified atom stereocenters. The molecule has 108 valence electrons. The van der Waals surface area contributed by atoms with Crippen molar-refractivity contribution in [2.24, 2.45) is 5.73 Å². The van der Waals surface area contributed by atoms with Crippen LogP contribution in [0, 0.1) is 0 Å². The van der Waals surface area contributed by atoms with Crippen molar-refractivity contribution in [1.82, 2.24) is 0 Å². The molecular formula is C17H23NO2. The molecule has 2 rings (SSSR count). The Kier molecular flexibility index (Phi) is 6.18. The zero-order chi connectivity index (χ0) is 14.0. The van der Waals surface area contributed by atoms with Crippen molar-refractivity contribution < 1.29 is 9.47 Å². The highest BCUT2D eigenvalue weighted by atomic mass is 16.5. The minimum absolute atomic E-state index is 0.522. The fourth-order valence-corrected chi connectivity index (χ4v) is 2.15. The Bertz CT molecular complexity index is 466. The van der Waals surface area contributed by atoms with Crippen LogP contribution in [0.2, 0.25) is 0 Å². The highest BCUT2D eigenvalue weighted by Crippen LogP contribution is 2.20. The maximum atomic E-state index is 5.76. The summed E-state index contributed by atoms with van der Waals surface area (Å²) in [6, 6.07) is 7.72. The van der Waals surface area contributed by atoms with Crippen LogP contribution in [0.4, 0.5) is 0 Å². The van der Waals surface area contributed by atoms with E-state index in [-0.39, 0.29) is 0 Å². The summed E-state index contributed by atoms with van der Waals surface area (Å²) in [6.07, 6.45) is 11.3. The average Bonchev–Trinajstić information content (AvgIpc) is 2.51. The molecule has 2 N–H and O–H groups in total. The number of benzene rings is 1. The Balaban J connectivity index is 1.70. The molecule has 0 bridgehead atoms. The first kappa shape index (κ1) is 14.7. The van der Waals surface area contributed by atoms with Gasteiger partial charge in [-0.05, 0) is 37.8 Å². The van der Waals surface area contributed by atoms with Crippen molar-refractivity contribution in [2.45, 2.75) is 25.7 Å². The van der Waals surface area contributed by atoms with Gasteiger partial charge in [0.25, 0.3) is 0 Å². The smallest absolute Gasteiger partial charge is 0.123 e. The standard InChI is InChI=1S/C17H23NO2/c18-11-13-20-17-10-4-9-16(14-17)19-12-5-8-15-6-2-1-3-7-15/h2,4,6-7,9-10,14H,1,3,5,8,11-13,18H2. The summed E-state index contributed by atoms with van der Waals surface area (Å²) in [7, 11) is 0. The van der Waals surface area contributed by atoms with Crippen LogP contribution in [0.15, 0.2) is 48.1 Å². The summed E-state index contributed by atoms with van der Waals surface area (Å²) in [5.74, 6) is 1.67. The molecule has 0 spiro atoms. The monoisotopic (exact) mass is 273 g/mol. The summed E-state index contributed by atoms with van der Waals surface area (Å²) in [5, 5.41) is 0. The predicted molar refractivity (Wildman–Crippen MR) is 82.2 cm³/mol. The van der Waals surface area contributed by atoms with Gasteiger partial charge in [-0.3, -0.25) is 0 Å². The summed E-state index contributed by atoms with van der Waals surface area (Å²) in [6.45, 7) is 1.78. The molecule has 0 atom stereocenters. The van der Waals surface area contributed by atoms with Gasteiger partial charge >= 0.3 is 0 Å². The number of ether oxygens (including phenoxy) is 2. The van der Waals surface area contributed by atoms with Crippen molar-refractivity contribution in [2.75, 3.05) is 19.8 Å². The molecule has 0 heterocycles. The number of allylic oxidation sites excluding steroid dienone is 4. The molecule has 3 heteroatoms. The van der Waals surface area contributed by atoms with E-state index in [1.165, 1.54) is 18.4 Å². The lowest BCUT2D eigenvalue weighted by atomic mass is 10.0. The van der Waals surface area contributed by atoms with Gasteiger partial charge in [0, 0.05) is 12.6 Å². The van der Waals surface area contributed by atoms with Crippen LogP contribution in [0.3, 0.4) is 0 Å². The third-order valence-corrected chi connectivity index (χ3v) is 3.14. The van der Waals surface area contributed by atoms with E-state index in [1.54, 1.807) is 0 Å². The van der Waals surface area contributed by atoms with E-state index < -0.39 is 0 Å². The minimum atomic E-state index is 0.522. The first-order chi connectivity index (χ1) is 9.88. The number of rotatable bonds is 8. The van der Waals surface area contributed by atoms with Gasteiger partial charge < -0.3 is 15.2 Å². The molecule has 0 saturated heterocycles. The Labute approximate surface area is 121 Å². The molecule has 0 radical (unpaired) electrons. The molecule has 0 saturated carbocycles. The lowest BCUT2D eigenvalue weighted by Gasteiger charge is -2.10. The van der Waals surface area contributed by atoms with Gasteiger partial charge in [-0.1, -0.05) is 29.9 Å². The second-order valence-corrected chi connectivity index (χ2v) is 4.82. The molecule has 20 heavy (non-hydrogen) atoms. The van der Waals surface area contributed by atoms with E-state index in [1.807, 2.05) is 24.3 Å². The van der Waals surface area contributed by atoms with E-state index in [0.717, 1.165) is 30.9 Å². The van der Waals surface area contributed by atoms with Gasteiger partial charge in [-0.15, -0.1) is 0 Å².